The fourth-order valence-corrected chi connectivity index (χ4v) is 3.91. The molecule has 1 fully saturated rings. The monoisotopic (exact) mass is 336 g/mol. The van der Waals surface area contributed by atoms with Gasteiger partial charge in [0.2, 0.25) is 5.91 Å². The number of hydrogen-bond acceptors (Lipinski definition) is 4. The van der Waals surface area contributed by atoms with Gasteiger partial charge in [0.05, 0.1) is 12.2 Å². The van der Waals surface area contributed by atoms with Crippen LogP contribution in [0, 0.1) is 0 Å². The summed E-state index contributed by atoms with van der Waals surface area (Å²) in [6.07, 6.45) is 4.46. The normalized spacial score (nSPS) is 21.5. The first-order valence-corrected chi connectivity index (χ1v) is 8.41. The Balaban J connectivity index is 1.69. The smallest absolute Gasteiger partial charge is 0.274 e. The zero-order valence-electron chi connectivity index (χ0n) is 14.3. The molecule has 1 aromatic carbocycles. The van der Waals surface area contributed by atoms with E-state index >= 15 is 0 Å². The highest BCUT2D eigenvalue weighted by Gasteiger charge is 2.44. The highest BCUT2D eigenvalue weighted by molar-refractivity contribution is 5.95. The second-order valence-electron chi connectivity index (χ2n) is 7.28. The fraction of sp³-hybridized carbons (Fsp3) is 0.368. The van der Waals surface area contributed by atoms with E-state index in [4.69, 9.17) is 0 Å². The van der Waals surface area contributed by atoms with Crippen LogP contribution in [0.2, 0.25) is 0 Å². The van der Waals surface area contributed by atoms with Crippen LogP contribution in [0.25, 0.3) is 0 Å². The molecule has 128 valence electrons. The summed E-state index contributed by atoms with van der Waals surface area (Å²) in [4.78, 5) is 37.0. The molecule has 2 aliphatic heterocycles. The van der Waals surface area contributed by atoms with Gasteiger partial charge in [-0.2, -0.15) is 0 Å². The van der Waals surface area contributed by atoms with Crippen LogP contribution in [0.4, 0.5) is 0 Å². The zero-order valence-corrected chi connectivity index (χ0v) is 14.3. The Labute approximate surface area is 146 Å². The Hall–Kier alpha value is -2.76. The topological polar surface area (TPSA) is 66.4 Å². The van der Waals surface area contributed by atoms with Crippen LogP contribution in [-0.2, 0) is 10.2 Å². The largest absolute Gasteiger partial charge is 0.331 e. The van der Waals surface area contributed by atoms with Crippen molar-refractivity contribution in [3.63, 3.8) is 0 Å². The molecule has 3 heterocycles. The summed E-state index contributed by atoms with van der Waals surface area (Å²) < 4.78 is 0. The third kappa shape index (κ3) is 2.58. The molecule has 0 saturated carbocycles. The van der Waals surface area contributed by atoms with E-state index in [0.717, 1.165) is 5.56 Å². The molecular weight excluding hydrogens is 316 g/mol. The Morgan fingerprint density at radius 1 is 1.24 bits per heavy atom. The van der Waals surface area contributed by atoms with Crippen LogP contribution in [0.3, 0.4) is 0 Å². The lowest BCUT2D eigenvalue weighted by atomic mass is 9.75. The van der Waals surface area contributed by atoms with Crippen LogP contribution >= 0.6 is 0 Å². The van der Waals surface area contributed by atoms with Gasteiger partial charge >= 0.3 is 0 Å². The second-order valence-corrected chi connectivity index (χ2v) is 7.28. The molecule has 1 atom stereocenters. The molecule has 0 aliphatic carbocycles. The molecule has 0 radical (unpaired) electrons. The minimum atomic E-state index is -0.247. The van der Waals surface area contributed by atoms with Crippen LogP contribution in [0.5, 0.6) is 0 Å². The minimum Gasteiger partial charge on any atom is -0.331 e. The zero-order chi connectivity index (χ0) is 17.6. The highest BCUT2D eigenvalue weighted by atomic mass is 16.2. The predicted octanol–water partition coefficient (Wildman–Crippen LogP) is 1.79. The SMILES string of the molecule is CC1(C)CN2C(=O)CN(C(=O)c3cnccn3)CC2c2ccccc21. The quantitative estimate of drug-likeness (QED) is 0.796. The molecule has 1 unspecified atom stereocenters. The van der Waals surface area contributed by atoms with Crippen molar-refractivity contribution in [1.82, 2.24) is 19.8 Å². The number of rotatable bonds is 1. The Bertz CT molecular complexity index is 834. The van der Waals surface area contributed by atoms with Gasteiger partial charge in [0.15, 0.2) is 0 Å². The molecule has 0 spiro atoms. The minimum absolute atomic E-state index is 0.0175. The predicted molar refractivity (Wildman–Crippen MR) is 91.9 cm³/mol. The summed E-state index contributed by atoms with van der Waals surface area (Å²) in [5, 5.41) is 0. The number of carbonyl (C=O) groups is 2. The van der Waals surface area contributed by atoms with Crippen molar-refractivity contribution in [3.8, 4) is 0 Å². The van der Waals surface area contributed by atoms with E-state index in [0.29, 0.717) is 13.1 Å². The number of nitrogens with zero attached hydrogens (tertiary/aromatic N) is 4. The molecule has 4 rings (SSSR count). The van der Waals surface area contributed by atoms with Crippen LogP contribution in [0.1, 0.15) is 41.5 Å². The first-order valence-electron chi connectivity index (χ1n) is 8.41. The standard InChI is InChI=1S/C19H20N4O2/c1-19(2)12-23-16(13-5-3-4-6-14(13)19)10-22(11-17(23)24)18(25)15-9-20-7-8-21-15/h3-9,16H,10-12H2,1-2H3. The summed E-state index contributed by atoms with van der Waals surface area (Å²) >= 11 is 0. The van der Waals surface area contributed by atoms with Crippen molar-refractivity contribution in [2.24, 2.45) is 0 Å². The Kier molecular flexibility index (Phi) is 3.56. The number of amides is 2. The van der Waals surface area contributed by atoms with E-state index in [2.05, 4.69) is 35.9 Å². The maximum atomic E-state index is 12.8. The number of fused-ring (bicyclic) bond motifs is 3. The van der Waals surface area contributed by atoms with Gasteiger partial charge in [0.1, 0.15) is 12.2 Å². The molecule has 0 bridgehead atoms. The Morgan fingerprint density at radius 2 is 2.04 bits per heavy atom. The van der Waals surface area contributed by atoms with Crippen LogP contribution in [0.15, 0.2) is 42.9 Å². The summed E-state index contributed by atoms with van der Waals surface area (Å²) in [7, 11) is 0. The molecule has 1 saturated heterocycles. The van der Waals surface area contributed by atoms with E-state index in [-0.39, 0.29) is 35.5 Å². The van der Waals surface area contributed by atoms with Crippen molar-refractivity contribution in [3.05, 3.63) is 59.7 Å². The summed E-state index contributed by atoms with van der Waals surface area (Å²) in [5.74, 6) is -0.264. The average molecular weight is 336 g/mol. The van der Waals surface area contributed by atoms with E-state index in [1.165, 1.54) is 24.2 Å². The van der Waals surface area contributed by atoms with Crippen LogP contribution < -0.4 is 0 Å². The Morgan fingerprint density at radius 3 is 2.80 bits per heavy atom. The first-order chi connectivity index (χ1) is 12.0. The molecule has 6 heteroatoms. The van der Waals surface area contributed by atoms with Crippen LogP contribution in [-0.4, -0.2) is 51.2 Å². The molecule has 6 nitrogen and oxygen atoms in total. The van der Waals surface area contributed by atoms with Gasteiger partial charge in [0.25, 0.3) is 5.91 Å². The summed E-state index contributed by atoms with van der Waals surface area (Å²) in [5.41, 5.74) is 2.55. The number of hydrogen-bond donors (Lipinski definition) is 0. The molecule has 2 aliphatic rings. The van der Waals surface area contributed by atoms with Crippen molar-refractivity contribution >= 4 is 11.8 Å². The van der Waals surface area contributed by atoms with Gasteiger partial charge in [0, 0.05) is 30.9 Å². The van der Waals surface area contributed by atoms with Gasteiger partial charge in [-0.3, -0.25) is 14.6 Å². The first kappa shape index (κ1) is 15.7. The van der Waals surface area contributed by atoms with Gasteiger partial charge in [-0.15, -0.1) is 0 Å². The summed E-state index contributed by atoms with van der Waals surface area (Å²) in [6.45, 7) is 5.55. The van der Waals surface area contributed by atoms with Gasteiger partial charge < -0.3 is 9.80 Å². The van der Waals surface area contributed by atoms with Crippen molar-refractivity contribution < 1.29 is 9.59 Å². The third-order valence-electron chi connectivity index (χ3n) is 5.10. The molecule has 25 heavy (non-hydrogen) atoms. The molecule has 2 aromatic rings. The lowest BCUT2D eigenvalue weighted by Gasteiger charge is -2.49. The van der Waals surface area contributed by atoms with E-state index in [1.807, 2.05) is 17.0 Å². The third-order valence-corrected chi connectivity index (χ3v) is 5.10. The van der Waals surface area contributed by atoms with Crippen molar-refractivity contribution in [1.29, 1.82) is 0 Å². The lowest BCUT2D eigenvalue weighted by Crippen LogP contribution is -2.58. The highest BCUT2D eigenvalue weighted by Crippen LogP contribution is 2.41. The van der Waals surface area contributed by atoms with Gasteiger partial charge in [-0.25, -0.2) is 4.98 Å². The number of piperazine rings is 1. The van der Waals surface area contributed by atoms with Crippen molar-refractivity contribution in [2.45, 2.75) is 25.3 Å². The van der Waals surface area contributed by atoms with E-state index in [1.54, 1.807) is 4.90 Å². The summed E-state index contributed by atoms with van der Waals surface area (Å²) in [6, 6.07) is 8.11. The molecule has 2 amide bonds. The van der Waals surface area contributed by atoms with Gasteiger partial charge in [-0.1, -0.05) is 38.1 Å². The average Bonchev–Trinajstić information content (AvgIpc) is 2.63. The maximum absolute atomic E-state index is 12.8. The molecular formula is C19H20N4O2. The van der Waals surface area contributed by atoms with E-state index in [9.17, 15) is 9.59 Å². The fourth-order valence-electron chi connectivity index (χ4n) is 3.91. The number of aromatic nitrogens is 2. The lowest BCUT2D eigenvalue weighted by molar-refractivity contribution is -0.140. The number of carbonyl (C=O) groups excluding carboxylic acids is 2. The van der Waals surface area contributed by atoms with Crippen molar-refractivity contribution in [2.75, 3.05) is 19.6 Å². The molecule has 0 N–H and O–H groups in total. The van der Waals surface area contributed by atoms with Gasteiger partial charge in [-0.05, 0) is 11.1 Å². The maximum Gasteiger partial charge on any atom is 0.274 e. The molecule has 1 aromatic heterocycles. The van der Waals surface area contributed by atoms with E-state index < -0.39 is 0 Å². The second kappa shape index (κ2) is 5.65. The number of benzene rings is 1.